The number of anilines is 2. The van der Waals surface area contributed by atoms with Crippen LogP contribution < -0.4 is 10.1 Å². The predicted octanol–water partition coefficient (Wildman–Crippen LogP) is 4.45. The van der Waals surface area contributed by atoms with E-state index in [1.807, 2.05) is 35.6 Å². The molecule has 0 unspecified atom stereocenters. The van der Waals surface area contributed by atoms with Gasteiger partial charge in [-0.3, -0.25) is 4.40 Å². The minimum absolute atomic E-state index is 0.539. The summed E-state index contributed by atoms with van der Waals surface area (Å²) in [5.41, 5.74) is 3.51. The summed E-state index contributed by atoms with van der Waals surface area (Å²) in [6, 6.07) is 17.0. The molecule has 6 nitrogen and oxygen atoms in total. The van der Waals surface area contributed by atoms with Gasteiger partial charge < -0.3 is 10.1 Å². The molecule has 0 atom stereocenters. The number of aromatic nitrogens is 3. The number of ether oxygens (including phenoxy) is 1. The average Bonchev–Trinajstić information content (AvgIpc) is 3.16. The smallest absolute Gasteiger partial charge is 0.224 e. The fourth-order valence-corrected chi connectivity index (χ4v) is 2.62. The van der Waals surface area contributed by atoms with Gasteiger partial charge in [-0.1, -0.05) is 18.2 Å². The van der Waals surface area contributed by atoms with E-state index in [-0.39, 0.29) is 0 Å². The van der Waals surface area contributed by atoms with E-state index in [1.54, 1.807) is 43.0 Å². The third-order valence-corrected chi connectivity index (χ3v) is 4.03. The highest BCUT2D eigenvalue weighted by molar-refractivity contribution is 5.74. The van der Waals surface area contributed by atoms with E-state index in [9.17, 15) is 0 Å². The van der Waals surface area contributed by atoms with Crippen molar-refractivity contribution in [1.82, 2.24) is 14.4 Å². The van der Waals surface area contributed by atoms with Gasteiger partial charge in [0.1, 0.15) is 17.6 Å². The highest BCUT2D eigenvalue weighted by atomic mass is 16.5. The Labute approximate surface area is 150 Å². The highest BCUT2D eigenvalue weighted by Gasteiger charge is 2.10. The summed E-state index contributed by atoms with van der Waals surface area (Å²) in [5.74, 6) is 1.86. The van der Waals surface area contributed by atoms with Gasteiger partial charge in [0.15, 0.2) is 5.82 Å². The lowest BCUT2D eigenvalue weighted by atomic mass is 10.2. The van der Waals surface area contributed by atoms with Crippen molar-refractivity contribution < 1.29 is 4.74 Å². The van der Waals surface area contributed by atoms with E-state index in [2.05, 4.69) is 21.4 Å². The summed E-state index contributed by atoms with van der Waals surface area (Å²) in [5, 5.41) is 12.2. The van der Waals surface area contributed by atoms with Gasteiger partial charge in [-0.25, -0.2) is 9.97 Å². The van der Waals surface area contributed by atoms with Crippen molar-refractivity contribution in [2.45, 2.75) is 6.92 Å². The van der Waals surface area contributed by atoms with Crippen molar-refractivity contribution >= 4 is 17.0 Å². The molecule has 2 heterocycles. The number of aryl methyl sites for hydroxylation is 1. The minimum atomic E-state index is 0.539. The van der Waals surface area contributed by atoms with Crippen molar-refractivity contribution in [1.29, 1.82) is 5.26 Å². The SMILES string of the molecule is Cc1ccccc1Nc1ncc(Oc2ccc(C#N)cc2)n2cncc12. The molecule has 2 aromatic carbocycles. The Morgan fingerprint density at radius 2 is 1.88 bits per heavy atom. The fraction of sp³-hybridized carbons (Fsp3) is 0.0500. The zero-order valence-electron chi connectivity index (χ0n) is 14.0. The normalized spacial score (nSPS) is 10.5. The number of fused-ring (bicyclic) bond motifs is 1. The largest absolute Gasteiger partial charge is 0.439 e. The second-order valence-electron chi connectivity index (χ2n) is 5.77. The van der Waals surface area contributed by atoms with Gasteiger partial charge in [0.05, 0.1) is 24.0 Å². The molecule has 0 saturated carbocycles. The molecular formula is C20H15N5O. The lowest BCUT2D eigenvalue weighted by Gasteiger charge is -2.12. The summed E-state index contributed by atoms with van der Waals surface area (Å²) in [6.45, 7) is 2.04. The number of nitriles is 1. The lowest BCUT2D eigenvalue weighted by molar-refractivity contribution is 0.453. The first kappa shape index (κ1) is 15.7. The van der Waals surface area contributed by atoms with E-state index in [0.717, 1.165) is 16.8 Å². The number of rotatable bonds is 4. The maximum atomic E-state index is 8.88. The van der Waals surface area contributed by atoms with Crippen LogP contribution in [0.4, 0.5) is 11.5 Å². The highest BCUT2D eigenvalue weighted by Crippen LogP contribution is 2.27. The Morgan fingerprint density at radius 3 is 2.65 bits per heavy atom. The molecule has 6 heteroatoms. The van der Waals surface area contributed by atoms with Crippen LogP contribution in [0, 0.1) is 18.3 Å². The van der Waals surface area contributed by atoms with Gasteiger partial charge in [-0.2, -0.15) is 5.26 Å². The van der Waals surface area contributed by atoms with Crippen LogP contribution in [0.5, 0.6) is 11.6 Å². The van der Waals surface area contributed by atoms with E-state index < -0.39 is 0 Å². The molecule has 126 valence electrons. The molecule has 0 fully saturated rings. The van der Waals surface area contributed by atoms with E-state index in [4.69, 9.17) is 10.00 Å². The molecule has 0 bridgehead atoms. The molecule has 0 saturated heterocycles. The molecule has 0 aliphatic rings. The van der Waals surface area contributed by atoms with Gasteiger partial charge in [0, 0.05) is 5.69 Å². The molecule has 0 spiro atoms. The van der Waals surface area contributed by atoms with Gasteiger partial charge in [0.2, 0.25) is 5.88 Å². The predicted molar refractivity (Wildman–Crippen MR) is 98.7 cm³/mol. The zero-order valence-corrected chi connectivity index (χ0v) is 14.0. The van der Waals surface area contributed by atoms with Crippen LogP contribution in [-0.2, 0) is 0 Å². The van der Waals surface area contributed by atoms with E-state index >= 15 is 0 Å². The van der Waals surface area contributed by atoms with Crippen LogP contribution in [0.2, 0.25) is 0 Å². The van der Waals surface area contributed by atoms with Crippen LogP contribution in [0.3, 0.4) is 0 Å². The van der Waals surface area contributed by atoms with Crippen LogP contribution >= 0.6 is 0 Å². The lowest BCUT2D eigenvalue weighted by Crippen LogP contribution is -2.01. The number of hydrogen-bond donors (Lipinski definition) is 1. The first-order valence-corrected chi connectivity index (χ1v) is 8.06. The third-order valence-electron chi connectivity index (χ3n) is 4.03. The van der Waals surface area contributed by atoms with Gasteiger partial charge in [0.25, 0.3) is 0 Å². The van der Waals surface area contributed by atoms with Gasteiger partial charge in [-0.05, 0) is 42.8 Å². The van der Waals surface area contributed by atoms with Crippen molar-refractivity contribution in [3.05, 3.63) is 78.4 Å². The van der Waals surface area contributed by atoms with Crippen molar-refractivity contribution in [3.63, 3.8) is 0 Å². The van der Waals surface area contributed by atoms with Crippen molar-refractivity contribution in [3.8, 4) is 17.7 Å². The van der Waals surface area contributed by atoms with Crippen molar-refractivity contribution in [2.75, 3.05) is 5.32 Å². The summed E-state index contributed by atoms with van der Waals surface area (Å²) >= 11 is 0. The molecule has 1 N–H and O–H groups in total. The Bertz CT molecular complexity index is 1110. The number of hydrogen-bond acceptors (Lipinski definition) is 5. The molecule has 26 heavy (non-hydrogen) atoms. The molecule has 2 aromatic heterocycles. The fourth-order valence-electron chi connectivity index (χ4n) is 2.62. The maximum Gasteiger partial charge on any atom is 0.224 e. The molecule has 0 amide bonds. The van der Waals surface area contributed by atoms with Gasteiger partial charge >= 0.3 is 0 Å². The summed E-state index contributed by atoms with van der Waals surface area (Å²) in [4.78, 5) is 8.71. The summed E-state index contributed by atoms with van der Waals surface area (Å²) in [7, 11) is 0. The van der Waals surface area contributed by atoms with Gasteiger partial charge in [-0.15, -0.1) is 0 Å². The number of para-hydroxylation sites is 1. The summed E-state index contributed by atoms with van der Waals surface area (Å²) < 4.78 is 7.73. The van der Waals surface area contributed by atoms with Crippen LogP contribution in [0.1, 0.15) is 11.1 Å². The standard InChI is InChI=1S/C20H15N5O/c1-14-4-2-3-5-17(14)24-20-18-11-22-13-25(18)19(12-23-20)26-16-8-6-15(10-21)7-9-16/h2-9,11-13H,1H3,(H,23,24). The molecule has 0 radical (unpaired) electrons. The number of imidazole rings is 1. The Kier molecular flexibility index (Phi) is 3.96. The third kappa shape index (κ3) is 2.94. The average molecular weight is 341 g/mol. The quantitative estimate of drug-likeness (QED) is 0.594. The topological polar surface area (TPSA) is 75.2 Å². The van der Waals surface area contributed by atoms with E-state index in [1.165, 1.54) is 0 Å². The first-order valence-electron chi connectivity index (χ1n) is 8.06. The molecule has 0 aliphatic heterocycles. The van der Waals surface area contributed by atoms with Crippen LogP contribution in [0.15, 0.2) is 67.3 Å². The number of nitrogens with zero attached hydrogens (tertiary/aromatic N) is 4. The summed E-state index contributed by atoms with van der Waals surface area (Å²) in [6.07, 6.45) is 5.06. The Balaban J connectivity index is 1.67. The van der Waals surface area contributed by atoms with Crippen molar-refractivity contribution in [2.24, 2.45) is 0 Å². The zero-order chi connectivity index (χ0) is 17.9. The number of nitrogens with one attached hydrogen (secondary N) is 1. The molecular weight excluding hydrogens is 326 g/mol. The molecule has 4 rings (SSSR count). The second-order valence-corrected chi connectivity index (χ2v) is 5.77. The minimum Gasteiger partial charge on any atom is -0.439 e. The molecule has 0 aliphatic carbocycles. The maximum absolute atomic E-state index is 8.88. The Hall–Kier alpha value is -3.85. The molecule has 4 aromatic rings. The Morgan fingerprint density at radius 1 is 1.08 bits per heavy atom. The second kappa shape index (κ2) is 6.57. The van der Waals surface area contributed by atoms with Crippen LogP contribution in [0.25, 0.3) is 5.52 Å². The first-order chi connectivity index (χ1) is 12.7. The van der Waals surface area contributed by atoms with E-state index in [0.29, 0.717) is 23.0 Å². The number of benzene rings is 2. The monoisotopic (exact) mass is 341 g/mol. The van der Waals surface area contributed by atoms with Crippen LogP contribution in [-0.4, -0.2) is 14.4 Å².